The molecule has 4 heteroatoms. The van der Waals surface area contributed by atoms with Crippen LogP contribution in [0.15, 0.2) is 84.5 Å². The first kappa shape index (κ1) is 26.1. The molecule has 0 aliphatic heterocycles. The van der Waals surface area contributed by atoms with Gasteiger partial charge < -0.3 is 24.8 Å². The van der Waals surface area contributed by atoms with Crippen molar-refractivity contribution in [2.45, 2.75) is 32.0 Å². The van der Waals surface area contributed by atoms with E-state index >= 15 is 0 Å². The molecule has 3 aromatic carbocycles. The van der Waals surface area contributed by atoms with E-state index in [0.717, 1.165) is 6.42 Å². The largest absolute Gasteiger partial charge is 2.00 e. The van der Waals surface area contributed by atoms with E-state index in [1.807, 2.05) is 0 Å². The van der Waals surface area contributed by atoms with Gasteiger partial charge in [-0.05, 0) is 52.3 Å². The van der Waals surface area contributed by atoms with Crippen molar-refractivity contribution in [2.75, 3.05) is 0 Å². The summed E-state index contributed by atoms with van der Waals surface area (Å²) in [6, 6.07) is 24.9. The van der Waals surface area contributed by atoms with Crippen LogP contribution in [0.4, 0.5) is 0 Å². The number of allylic oxidation sites excluding steroid dienone is 3. The Morgan fingerprint density at radius 3 is 2.29 bits per heavy atom. The third kappa shape index (κ3) is 4.25. The zero-order chi connectivity index (χ0) is 19.3. The Labute approximate surface area is 218 Å². The summed E-state index contributed by atoms with van der Waals surface area (Å²) in [5.74, 6) is 0. The van der Waals surface area contributed by atoms with Gasteiger partial charge in [-0.2, -0.15) is 0 Å². The summed E-state index contributed by atoms with van der Waals surface area (Å²) in [6.07, 6.45) is 8.01. The zero-order valence-electron chi connectivity index (χ0n) is 18.1. The van der Waals surface area contributed by atoms with Crippen molar-refractivity contribution in [3.63, 3.8) is 0 Å². The Morgan fingerprint density at radius 1 is 0.839 bits per heavy atom. The molecule has 31 heavy (non-hydrogen) atoms. The molecule has 2 aliphatic rings. The normalized spacial score (nSPS) is 15.7. The van der Waals surface area contributed by atoms with Crippen LogP contribution in [0.25, 0.3) is 17.2 Å². The van der Waals surface area contributed by atoms with Gasteiger partial charge in [-0.15, -0.1) is 0 Å². The van der Waals surface area contributed by atoms with Crippen molar-refractivity contribution in [3.8, 4) is 11.1 Å². The van der Waals surface area contributed by atoms with Crippen LogP contribution in [0.5, 0.6) is 0 Å². The van der Waals surface area contributed by atoms with Gasteiger partial charge >= 0.3 is 26.2 Å². The average molecular weight is 541 g/mol. The molecule has 0 amide bonds. The van der Waals surface area contributed by atoms with Crippen LogP contribution < -0.4 is 30.0 Å². The second kappa shape index (κ2) is 10.2. The summed E-state index contributed by atoms with van der Waals surface area (Å²) >= 11 is 0. The topological polar surface area (TPSA) is 0 Å². The van der Waals surface area contributed by atoms with Gasteiger partial charge in [-0.1, -0.05) is 103 Å². The molecule has 2 aliphatic carbocycles. The van der Waals surface area contributed by atoms with Gasteiger partial charge in [0.15, 0.2) is 0 Å². The first-order chi connectivity index (χ1) is 13.6. The van der Waals surface area contributed by atoms with Crippen molar-refractivity contribution in [2.24, 2.45) is 0 Å². The minimum atomic E-state index is -1.81. The van der Waals surface area contributed by atoms with Gasteiger partial charge in [0.1, 0.15) is 0 Å². The fourth-order valence-electron chi connectivity index (χ4n) is 5.41. The Balaban J connectivity index is 0.00000114. The van der Waals surface area contributed by atoms with Gasteiger partial charge in [0, 0.05) is 5.54 Å². The molecular formula is C27H26Cl2SiZr. The number of benzene rings is 3. The molecule has 0 saturated heterocycles. The predicted molar refractivity (Wildman–Crippen MR) is 124 cm³/mol. The maximum atomic E-state index is 2.57. The molecule has 0 bridgehead atoms. The zero-order valence-corrected chi connectivity index (χ0v) is 23.1. The molecule has 156 valence electrons. The van der Waals surface area contributed by atoms with E-state index in [1.54, 1.807) is 10.8 Å². The maximum Gasteiger partial charge on any atom is 2.00 e. The van der Waals surface area contributed by atoms with Crippen LogP contribution in [-0.2, 0) is 32.6 Å². The van der Waals surface area contributed by atoms with Gasteiger partial charge in [0.2, 0.25) is 0 Å². The van der Waals surface area contributed by atoms with Crippen LogP contribution >= 0.6 is 0 Å². The van der Waals surface area contributed by atoms with Crippen LogP contribution in [0.2, 0.25) is 13.1 Å². The molecule has 1 unspecified atom stereocenters. The number of hydrogen-bond acceptors (Lipinski definition) is 0. The fraction of sp³-hybridized carbons (Fsp3) is 0.185. The van der Waals surface area contributed by atoms with E-state index in [1.165, 1.54) is 33.4 Å². The number of fused-ring (bicyclic) bond motifs is 4. The minimum Gasteiger partial charge on any atom is -1.00 e. The smallest absolute Gasteiger partial charge is 1.00 e. The molecule has 0 spiro atoms. The molecule has 1 atom stereocenters. The molecular weight excluding hydrogens is 515 g/mol. The monoisotopic (exact) mass is 538 g/mol. The third-order valence-corrected chi connectivity index (χ3v) is 10.5. The van der Waals surface area contributed by atoms with Crippen molar-refractivity contribution in [1.29, 1.82) is 0 Å². The molecule has 0 fully saturated rings. The van der Waals surface area contributed by atoms with Gasteiger partial charge in [0.25, 0.3) is 0 Å². The van der Waals surface area contributed by atoms with Gasteiger partial charge in [-0.3, -0.25) is 0 Å². The SMILES string of the molecule is CC=CC1=Cc2ccccc2C1[Si](C)(C)c1cccc2c1Cc1ccccc1-2.[Cl-].[Cl-].[Zr+2]. The Bertz CT molecular complexity index is 1150. The standard InChI is InChI=1S/C27H26Si.2ClH.Zr/c1-4-10-21-17-19-11-6-8-14-23(19)27(21)28(2,3)26-16-9-15-24-22-13-7-5-12-20(22)18-25(24)26;;;/h4-17,27H,18H2,1-3H3;2*1H;/q;;;+2/p-2. The molecule has 0 aromatic heterocycles. The van der Waals surface area contributed by atoms with Crippen LogP contribution in [0.1, 0.15) is 34.7 Å². The Hall–Kier alpha value is -1.18. The van der Waals surface area contributed by atoms with Crippen LogP contribution in [0.3, 0.4) is 0 Å². The van der Waals surface area contributed by atoms with E-state index in [4.69, 9.17) is 0 Å². The summed E-state index contributed by atoms with van der Waals surface area (Å²) in [5, 5.41) is 1.62. The van der Waals surface area contributed by atoms with Crippen molar-refractivity contribution < 1.29 is 51.0 Å². The maximum absolute atomic E-state index is 2.57. The summed E-state index contributed by atoms with van der Waals surface area (Å²) in [7, 11) is -1.81. The summed E-state index contributed by atoms with van der Waals surface area (Å²) in [5.41, 5.74) is 10.8. The van der Waals surface area contributed by atoms with E-state index < -0.39 is 8.07 Å². The van der Waals surface area contributed by atoms with Crippen molar-refractivity contribution >= 4 is 19.3 Å². The molecule has 0 N–H and O–H groups in total. The fourth-order valence-corrected chi connectivity index (χ4v) is 9.30. The third-order valence-electron chi connectivity index (χ3n) is 6.59. The predicted octanol–water partition coefficient (Wildman–Crippen LogP) is 0.475. The number of rotatable bonds is 3. The molecule has 0 nitrogen and oxygen atoms in total. The van der Waals surface area contributed by atoms with E-state index in [9.17, 15) is 0 Å². The summed E-state index contributed by atoms with van der Waals surface area (Å²) in [6.45, 7) is 7.26. The van der Waals surface area contributed by atoms with Crippen LogP contribution in [0, 0.1) is 0 Å². The van der Waals surface area contributed by atoms with Gasteiger partial charge in [0.05, 0.1) is 8.07 Å². The van der Waals surface area contributed by atoms with Crippen molar-refractivity contribution in [3.05, 3.63) is 107 Å². The van der Waals surface area contributed by atoms with Crippen molar-refractivity contribution in [1.82, 2.24) is 0 Å². The molecule has 0 saturated carbocycles. The van der Waals surface area contributed by atoms with Gasteiger partial charge in [-0.25, -0.2) is 0 Å². The summed E-state index contributed by atoms with van der Waals surface area (Å²) in [4.78, 5) is 0. The van der Waals surface area contributed by atoms with E-state index in [-0.39, 0.29) is 51.0 Å². The average Bonchev–Trinajstić information content (AvgIpc) is 3.26. The van der Waals surface area contributed by atoms with E-state index in [0.29, 0.717) is 5.54 Å². The molecule has 0 radical (unpaired) electrons. The Kier molecular flexibility index (Phi) is 8.56. The second-order valence-corrected chi connectivity index (χ2v) is 13.2. The first-order valence-electron chi connectivity index (χ1n) is 10.2. The molecule has 5 rings (SSSR count). The minimum absolute atomic E-state index is 0. The second-order valence-electron chi connectivity index (χ2n) is 8.59. The first-order valence-corrected chi connectivity index (χ1v) is 13.3. The van der Waals surface area contributed by atoms with E-state index in [2.05, 4.69) is 105 Å². The molecule has 3 aromatic rings. The quantitative estimate of drug-likeness (QED) is 0.332. The molecule has 0 heterocycles. The Morgan fingerprint density at radius 2 is 1.52 bits per heavy atom. The van der Waals surface area contributed by atoms with Crippen LogP contribution in [-0.4, -0.2) is 8.07 Å². The number of hydrogen-bond donors (Lipinski definition) is 0. The summed E-state index contributed by atoms with van der Waals surface area (Å²) < 4.78 is 0. The number of halogens is 2.